The van der Waals surface area contributed by atoms with Crippen LogP contribution in [0.5, 0.6) is 0 Å². The average molecular weight is 414 g/mol. The molecule has 4 aromatic rings. The first-order chi connectivity index (χ1) is 15.0. The van der Waals surface area contributed by atoms with E-state index in [1.807, 2.05) is 60.3 Å². The van der Waals surface area contributed by atoms with E-state index in [2.05, 4.69) is 10.3 Å². The van der Waals surface area contributed by atoms with E-state index >= 15 is 0 Å². The molecule has 2 aromatic heterocycles. The molecule has 0 fully saturated rings. The number of aryl methyl sites for hydroxylation is 1. The Kier molecular flexibility index (Phi) is 5.75. The molecule has 31 heavy (non-hydrogen) atoms. The molecule has 156 valence electrons. The zero-order valence-corrected chi connectivity index (χ0v) is 17.1. The molecule has 0 spiro atoms. The number of nitro groups is 1. The fourth-order valence-electron chi connectivity index (χ4n) is 3.87. The molecule has 0 saturated carbocycles. The van der Waals surface area contributed by atoms with Crippen LogP contribution in [0.25, 0.3) is 10.9 Å². The van der Waals surface area contributed by atoms with Crippen LogP contribution in [0.15, 0.2) is 79.3 Å². The molecule has 1 atom stereocenters. The predicted molar refractivity (Wildman–Crippen MR) is 119 cm³/mol. The Balaban J connectivity index is 1.68. The zero-order valence-electron chi connectivity index (χ0n) is 17.1. The Morgan fingerprint density at radius 3 is 2.68 bits per heavy atom. The van der Waals surface area contributed by atoms with Crippen molar-refractivity contribution in [2.24, 2.45) is 7.05 Å². The Labute approximate surface area is 179 Å². The van der Waals surface area contributed by atoms with Crippen LogP contribution in [0.4, 0.5) is 5.69 Å². The van der Waals surface area contributed by atoms with Gasteiger partial charge in [-0.25, -0.2) is 0 Å². The Morgan fingerprint density at radius 2 is 1.90 bits per heavy atom. The maximum absolute atomic E-state index is 12.9. The normalized spacial score (nSPS) is 11.9. The van der Waals surface area contributed by atoms with E-state index in [4.69, 9.17) is 0 Å². The minimum absolute atomic E-state index is 0.0138. The number of hydrogen-bond acceptors (Lipinski definition) is 4. The minimum atomic E-state index is -0.410. The largest absolute Gasteiger partial charge is 0.352 e. The molecule has 1 N–H and O–H groups in total. The summed E-state index contributed by atoms with van der Waals surface area (Å²) in [7, 11) is 1.96. The highest BCUT2D eigenvalue weighted by Crippen LogP contribution is 2.35. The lowest BCUT2D eigenvalue weighted by atomic mass is 9.87. The smallest absolute Gasteiger partial charge is 0.269 e. The molecule has 0 saturated heterocycles. The molecule has 0 bridgehead atoms. The predicted octanol–water partition coefficient (Wildman–Crippen LogP) is 4.32. The average Bonchev–Trinajstić information content (AvgIpc) is 3.13. The lowest BCUT2D eigenvalue weighted by Crippen LogP contribution is -2.25. The van der Waals surface area contributed by atoms with Gasteiger partial charge in [0.2, 0.25) is 5.91 Å². The summed E-state index contributed by atoms with van der Waals surface area (Å²) >= 11 is 0. The number of pyridine rings is 1. The van der Waals surface area contributed by atoms with Crippen LogP contribution >= 0.6 is 0 Å². The van der Waals surface area contributed by atoms with Gasteiger partial charge in [-0.1, -0.05) is 30.3 Å². The maximum atomic E-state index is 12.9. The van der Waals surface area contributed by atoms with Gasteiger partial charge in [0.05, 0.1) is 4.92 Å². The van der Waals surface area contributed by atoms with Crippen molar-refractivity contribution in [1.29, 1.82) is 0 Å². The number of nitrogens with one attached hydrogen (secondary N) is 1. The van der Waals surface area contributed by atoms with Crippen LogP contribution in [0.3, 0.4) is 0 Å². The van der Waals surface area contributed by atoms with Gasteiger partial charge in [-0.05, 0) is 34.9 Å². The highest BCUT2D eigenvalue weighted by atomic mass is 16.6. The summed E-state index contributed by atoms with van der Waals surface area (Å²) in [5.41, 5.74) is 3.73. The number of aromatic nitrogens is 2. The van der Waals surface area contributed by atoms with Crippen molar-refractivity contribution in [3.63, 3.8) is 0 Å². The second kappa shape index (κ2) is 8.79. The van der Waals surface area contributed by atoms with Crippen molar-refractivity contribution in [1.82, 2.24) is 14.9 Å². The van der Waals surface area contributed by atoms with Gasteiger partial charge in [-0.15, -0.1) is 0 Å². The van der Waals surface area contributed by atoms with Crippen molar-refractivity contribution >= 4 is 22.5 Å². The lowest BCUT2D eigenvalue weighted by molar-refractivity contribution is -0.384. The van der Waals surface area contributed by atoms with Gasteiger partial charge < -0.3 is 9.88 Å². The maximum Gasteiger partial charge on any atom is 0.269 e. The van der Waals surface area contributed by atoms with Crippen LogP contribution in [-0.4, -0.2) is 20.4 Å². The number of carbonyl (C=O) groups is 1. The zero-order chi connectivity index (χ0) is 21.8. The molecule has 4 rings (SSSR count). The van der Waals surface area contributed by atoms with Crippen LogP contribution in [-0.2, 0) is 18.4 Å². The van der Waals surface area contributed by atoms with E-state index in [1.54, 1.807) is 24.5 Å². The summed E-state index contributed by atoms with van der Waals surface area (Å²) < 4.78 is 2.02. The topological polar surface area (TPSA) is 90.1 Å². The number of amides is 1. The minimum Gasteiger partial charge on any atom is -0.352 e. The molecule has 1 amide bonds. The molecule has 0 aliphatic carbocycles. The van der Waals surface area contributed by atoms with Crippen molar-refractivity contribution in [3.05, 3.63) is 106 Å². The molecule has 7 heteroatoms. The highest BCUT2D eigenvalue weighted by molar-refractivity contribution is 5.86. The van der Waals surface area contributed by atoms with Crippen molar-refractivity contribution < 1.29 is 9.72 Å². The van der Waals surface area contributed by atoms with Crippen LogP contribution in [0.2, 0.25) is 0 Å². The number of rotatable bonds is 7. The summed E-state index contributed by atoms with van der Waals surface area (Å²) in [4.78, 5) is 27.8. The van der Waals surface area contributed by atoms with Gasteiger partial charge in [0, 0.05) is 67.6 Å². The van der Waals surface area contributed by atoms with E-state index in [0.29, 0.717) is 6.54 Å². The van der Waals surface area contributed by atoms with Gasteiger partial charge in [-0.2, -0.15) is 0 Å². The Hall–Kier alpha value is -4.00. The van der Waals surface area contributed by atoms with Crippen molar-refractivity contribution in [3.8, 4) is 0 Å². The van der Waals surface area contributed by atoms with Gasteiger partial charge in [0.1, 0.15) is 0 Å². The van der Waals surface area contributed by atoms with Crippen LogP contribution < -0.4 is 5.32 Å². The highest BCUT2D eigenvalue weighted by Gasteiger charge is 2.23. The number of carbonyl (C=O) groups excluding carboxylic acids is 1. The van der Waals surface area contributed by atoms with Gasteiger partial charge >= 0.3 is 0 Å². The van der Waals surface area contributed by atoms with Gasteiger partial charge in [0.15, 0.2) is 0 Å². The number of hydrogen-bond donors (Lipinski definition) is 1. The van der Waals surface area contributed by atoms with E-state index in [9.17, 15) is 14.9 Å². The summed E-state index contributed by atoms with van der Waals surface area (Å²) in [6.07, 6.45) is 5.55. The molecule has 0 unspecified atom stereocenters. The molecular weight excluding hydrogens is 392 g/mol. The van der Waals surface area contributed by atoms with Crippen LogP contribution in [0.1, 0.15) is 29.0 Å². The second-order valence-corrected chi connectivity index (χ2v) is 7.45. The first-order valence-corrected chi connectivity index (χ1v) is 9.97. The molecule has 0 radical (unpaired) electrons. The third-order valence-electron chi connectivity index (χ3n) is 5.42. The molecule has 0 aliphatic heterocycles. The standard InChI is InChI=1S/C24H22N4O3/c1-27-16-22(20-7-2-3-8-23(20)27)21(18-5-4-6-19(13-18)28(30)31)14-24(29)26-15-17-9-11-25-12-10-17/h2-13,16,21H,14-15H2,1H3,(H,26,29)/t21-/m0/s1. The summed E-state index contributed by atoms with van der Waals surface area (Å²) in [6, 6.07) is 18.2. The Morgan fingerprint density at radius 1 is 1.13 bits per heavy atom. The lowest BCUT2D eigenvalue weighted by Gasteiger charge is -2.17. The summed E-state index contributed by atoms with van der Waals surface area (Å²) in [6.45, 7) is 0.401. The fraction of sp³-hybridized carbons (Fsp3) is 0.167. The van der Waals surface area contributed by atoms with Crippen molar-refractivity contribution in [2.45, 2.75) is 18.9 Å². The number of para-hydroxylation sites is 1. The molecule has 7 nitrogen and oxygen atoms in total. The second-order valence-electron chi connectivity index (χ2n) is 7.45. The van der Waals surface area contributed by atoms with Gasteiger partial charge in [0.25, 0.3) is 5.69 Å². The molecular formula is C24H22N4O3. The first kappa shape index (κ1) is 20.3. The quantitative estimate of drug-likeness (QED) is 0.360. The SMILES string of the molecule is Cn1cc([C@@H](CC(=O)NCc2ccncc2)c2cccc([N+](=O)[O-])c2)c2ccccc21. The van der Waals surface area contributed by atoms with E-state index in [-0.39, 0.29) is 23.9 Å². The van der Waals surface area contributed by atoms with Crippen LogP contribution in [0, 0.1) is 10.1 Å². The number of benzene rings is 2. The van der Waals surface area contributed by atoms with E-state index in [1.165, 1.54) is 6.07 Å². The number of nitro benzene ring substituents is 1. The number of nitrogens with zero attached hydrogens (tertiary/aromatic N) is 3. The molecule has 2 heterocycles. The first-order valence-electron chi connectivity index (χ1n) is 9.97. The molecule has 0 aliphatic rings. The van der Waals surface area contributed by atoms with Gasteiger partial charge in [-0.3, -0.25) is 19.9 Å². The number of non-ortho nitro benzene ring substituents is 1. The third-order valence-corrected chi connectivity index (χ3v) is 5.42. The van der Waals surface area contributed by atoms with Crippen molar-refractivity contribution in [2.75, 3.05) is 0 Å². The Bertz CT molecular complexity index is 1230. The van der Waals surface area contributed by atoms with E-state index < -0.39 is 4.92 Å². The fourth-order valence-corrected chi connectivity index (χ4v) is 3.87. The summed E-state index contributed by atoms with van der Waals surface area (Å²) in [5, 5.41) is 15.3. The molecule has 2 aromatic carbocycles. The monoisotopic (exact) mass is 414 g/mol. The third kappa shape index (κ3) is 4.45. The number of fused-ring (bicyclic) bond motifs is 1. The van der Waals surface area contributed by atoms with E-state index in [0.717, 1.165) is 27.6 Å². The summed E-state index contributed by atoms with van der Waals surface area (Å²) in [5.74, 6) is -0.440.